The fourth-order valence-electron chi connectivity index (χ4n) is 2.52. The topological polar surface area (TPSA) is 50.8 Å². The summed E-state index contributed by atoms with van der Waals surface area (Å²) >= 11 is 0. The van der Waals surface area contributed by atoms with Gasteiger partial charge in [-0.1, -0.05) is 42.5 Å². The third-order valence-corrected chi connectivity index (χ3v) is 3.54. The smallest absolute Gasteiger partial charge is 0.103 e. The quantitative estimate of drug-likeness (QED) is 0.690. The summed E-state index contributed by atoms with van der Waals surface area (Å²) in [6.45, 7) is 0. The number of nitriles is 2. The average Bonchev–Trinajstić information content (AvgIpc) is 2.63. The van der Waals surface area contributed by atoms with E-state index in [4.69, 9.17) is 0 Å². The Balaban J connectivity index is 2.27. The van der Waals surface area contributed by atoms with Crippen LogP contribution in [0.1, 0.15) is 11.1 Å². The van der Waals surface area contributed by atoms with E-state index < -0.39 is 0 Å². The van der Waals surface area contributed by atoms with Crippen molar-refractivity contribution in [1.29, 1.82) is 10.5 Å². The van der Waals surface area contributed by atoms with Gasteiger partial charge < -0.3 is 4.90 Å². The summed E-state index contributed by atoms with van der Waals surface area (Å²) in [5, 5.41) is 18.8. The van der Waals surface area contributed by atoms with Crippen molar-refractivity contribution in [3.63, 3.8) is 0 Å². The van der Waals surface area contributed by atoms with Crippen LogP contribution in [0.2, 0.25) is 0 Å². The van der Waals surface area contributed by atoms with Crippen molar-refractivity contribution in [2.45, 2.75) is 0 Å². The predicted octanol–water partition coefficient (Wildman–Crippen LogP) is 4.90. The molecule has 0 aliphatic carbocycles. The molecule has 0 aliphatic heterocycles. The van der Waals surface area contributed by atoms with Crippen LogP contribution in [0.4, 0.5) is 17.1 Å². The highest BCUT2D eigenvalue weighted by Crippen LogP contribution is 2.36. The Kier molecular flexibility index (Phi) is 4.05. The lowest BCUT2D eigenvalue weighted by molar-refractivity contribution is 1.26. The summed E-state index contributed by atoms with van der Waals surface area (Å²) in [7, 11) is 0. The highest BCUT2D eigenvalue weighted by Gasteiger charge is 2.17. The molecule has 23 heavy (non-hydrogen) atoms. The van der Waals surface area contributed by atoms with E-state index in [0.717, 1.165) is 11.4 Å². The molecule has 108 valence electrons. The van der Waals surface area contributed by atoms with Crippen molar-refractivity contribution >= 4 is 17.1 Å². The molecule has 0 fully saturated rings. The zero-order chi connectivity index (χ0) is 16.1. The van der Waals surface area contributed by atoms with Gasteiger partial charge in [-0.25, -0.2) is 0 Å². The first-order valence-corrected chi connectivity index (χ1v) is 7.18. The van der Waals surface area contributed by atoms with Crippen molar-refractivity contribution in [2.75, 3.05) is 4.90 Å². The molecule has 3 aromatic rings. The summed E-state index contributed by atoms with van der Waals surface area (Å²) in [4.78, 5) is 1.99. The highest BCUT2D eigenvalue weighted by atomic mass is 15.1. The molecule has 0 unspecified atom stereocenters. The number of nitrogens with zero attached hydrogens (tertiary/aromatic N) is 3. The Bertz CT molecular complexity index is 848. The van der Waals surface area contributed by atoms with Crippen molar-refractivity contribution < 1.29 is 0 Å². The van der Waals surface area contributed by atoms with Crippen LogP contribution in [0, 0.1) is 22.7 Å². The predicted molar refractivity (Wildman–Crippen MR) is 90.6 cm³/mol. The van der Waals surface area contributed by atoms with Gasteiger partial charge in [0, 0.05) is 11.4 Å². The number of para-hydroxylation sites is 2. The molecule has 0 bridgehead atoms. The van der Waals surface area contributed by atoms with Crippen LogP contribution in [-0.2, 0) is 0 Å². The van der Waals surface area contributed by atoms with E-state index >= 15 is 0 Å². The van der Waals surface area contributed by atoms with Gasteiger partial charge in [0.1, 0.15) is 12.1 Å². The van der Waals surface area contributed by atoms with E-state index in [1.54, 1.807) is 12.1 Å². The molecule has 0 N–H and O–H groups in total. The van der Waals surface area contributed by atoms with Crippen LogP contribution in [0.5, 0.6) is 0 Å². The Morgan fingerprint density at radius 2 is 1.17 bits per heavy atom. The molecule has 0 spiro atoms. The van der Waals surface area contributed by atoms with Gasteiger partial charge in [0.25, 0.3) is 0 Å². The fourth-order valence-corrected chi connectivity index (χ4v) is 2.52. The minimum absolute atomic E-state index is 0.377. The lowest BCUT2D eigenvalue weighted by atomic mass is 10.0. The first-order valence-electron chi connectivity index (χ1n) is 7.18. The molecule has 0 aliphatic rings. The van der Waals surface area contributed by atoms with Gasteiger partial charge in [-0.2, -0.15) is 10.5 Å². The second-order valence-corrected chi connectivity index (χ2v) is 4.93. The highest BCUT2D eigenvalue weighted by molar-refractivity contribution is 5.81. The Morgan fingerprint density at radius 1 is 0.609 bits per heavy atom. The maximum Gasteiger partial charge on any atom is 0.103 e. The molecule has 0 saturated heterocycles. The summed E-state index contributed by atoms with van der Waals surface area (Å²) < 4.78 is 0. The van der Waals surface area contributed by atoms with Gasteiger partial charge in [-0.3, -0.25) is 0 Å². The van der Waals surface area contributed by atoms with Crippen LogP contribution < -0.4 is 4.90 Å². The van der Waals surface area contributed by atoms with Gasteiger partial charge in [0.15, 0.2) is 0 Å². The molecular formula is C20H13N3. The van der Waals surface area contributed by atoms with E-state index in [0.29, 0.717) is 16.8 Å². The van der Waals surface area contributed by atoms with Crippen LogP contribution >= 0.6 is 0 Å². The molecule has 0 amide bonds. The van der Waals surface area contributed by atoms with Gasteiger partial charge >= 0.3 is 0 Å². The van der Waals surface area contributed by atoms with Crippen LogP contribution in [-0.4, -0.2) is 0 Å². The van der Waals surface area contributed by atoms with E-state index in [-0.39, 0.29) is 0 Å². The van der Waals surface area contributed by atoms with E-state index in [9.17, 15) is 10.5 Å². The molecule has 0 saturated carbocycles. The Morgan fingerprint density at radius 3 is 1.65 bits per heavy atom. The van der Waals surface area contributed by atoms with Crippen molar-refractivity contribution in [3.8, 4) is 12.1 Å². The minimum atomic E-state index is 0.377. The van der Waals surface area contributed by atoms with Gasteiger partial charge in [-0.15, -0.1) is 0 Å². The maximum absolute atomic E-state index is 9.55. The molecule has 0 aromatic heterocycles. The summed E-state index contributed by atoms with van der Waals surface area (Å²) in [5.74, 6) is 0. The normalized spacial score (nSPS) is 9.65. The molecule has 3 rings (SSSR count). The second kappa shape index (κ2) is 6.47. The first kappa shape index (κ1) is 14.4. The van der Waals surface area contributed by atoms with E-state index in [2.05, 4.69) is 12.1 Å². The number of hydrogen-bond donors (Lipinski definition) is 0. The molecule has 3 heteroatoms. The standard InChI is InChI=1S/C20H13N3/c21-14-16-8-7-13-20(19(16)15-22)23(17-9-3-1-4-10-17)18-11-5-2-6-12-18/h1-13H. The molecule has 3 nitrogen and oxygen atoms in total. The van der Waals surface area contributed by atoms with Crippen LogP contribution in [0.3, 0.4) is 0 Å². The van der Waals surface area contributed by atoms with Crippen molar-refractivity contribution in [3.05, 3.63) is 90.0 Å². The zero-order valence-corrected chi connectivity index (χ0v) is 12.3. The van der Waals surface area contributed by atoms with E-state index in [1.807, 2.05) is 71.6 Å². The largest absolute Gasteiger partial charge is 0.309 e. The molecule has 0 radical (unpaired) electrons. The third-order valence-electron chi connectivity index (χ3n) is 3.54. The van der Waals surface area contributed by atoms with Gasteiger partial charge in [0.2, 0.25) is 0 Å². The fraction of sp³-hybridized carbons (Fsp3) is 0. The van der Waals surface area contributed by atoms with Gasteiger partial charge in [-0.05, 0) is 36.4 Å². The SMILES string of the molecule is N#Cc1cccc(N(c2ccccc2)c2ccccc2)c1C#N. The number of benzene rings is 3. The number of rotatable bonds is 3. The van der Waals surface area contributed by atoms with E-state index in [1.165, 1.54) is 0 Å². The summed E-state index contributed by atoms with van der Waals surface area (Å²) in [5.41, 5.74) is 3.32. The average molecular weight is 295 g/mol. The number of hydrogen-bond acceptors (Lipinski definition) is 3. The van der Waals surface area contributed by atoms with Gasteiger partial charge in [0.05, 0.1) is 16.8 Å². The summed E-state index contributed by atoms with van der Waals surface area (Å²) in [6, 6.07) is 29.2. The molecule has 3 aromatic carbocycles. The van der Waals surface area contributed by atoms with Crippen LogP contribution in [0.15, 0.2) is 78.9 Å². The molecular weight excluding hydrogens is 282 g/mol. The zero-order valence-electron chi connectivity index (χ0n) is 12.3. The van der Waals surface area contributed by atoms with Crippen molar-refractivity contribution in [1.82, 2.24) is 0 Å². The van der Waals surface area contributed by atoms with Crippen molar-refractivity contribution in [2.24, 2.45) is 0 Å². The van der Waals surface area contributed by atoms with Crippen LogP contribution in [0.25, 0.3) is 0 Å². The Labute approximate surface area is 135 Å². The minimum Gasteiger partial charge on any atom is -0.309 e. The monoisotopic (exact) mass is 295 g/mol. The Hall–Kier alpha value is -3.56. The number of anilines is 3. The lowest BCUT2D eigenvalue weighted by Crippen LogP contribution is -2.11. The first-order chi connectivity index (χ1) is 11.3. The third kappa shape index (κ3) is 2.77. The lowest BCUT2D eigenvalue weighted by Gasteiger charge is -2.26. The molecule has 0 atom stereocenters. The second-order valence-electron chi connectivity index (χ2n) is 4.93. The maximum atomic E-state index is 9.55. The molecule has 0 heterocycles. The summed E-state index contributed by atoms with van der Waals surface area (Å²) in [6.07, 6.45) is 0.